The smallest absolute Gasteiger partial charge is 0.318 e. The SMILES string of the molecule is N#Cc1cc(C#N)c(SCC(=O)OCN2C(=O)c3ccccc3C2=O)nc1N. The number of imide groups is 1. The molecule has 0 fully saturated rings. The summed E-state index contributed by atoms with van der Waals surface area (Å²) in [6.07, 6.45) is 0. The maximum Gasteiger partial charge on any atom is 0.318 e. The normalized spacial score (nSPS) is 12.3. The molecule has 1 aromatic heterocycles. The first-order valence-electron chi connectivity index (χ1n) is 7.80. The van der Waals surface area contributed by atoms with Crippen LogP contribution in [0.4, 0.5) is 5.82 Å². The minimum Gasteiger partial charge on any atom is -0.443 e. The van der Waals surface area contributed by atoms with Crippen molar-refractivity contribution in [1.29, 1.82) is 10.5 Å². The Morgan fingerprint density at radius 2 is 1.75 bits per heavy atom. The monoisotopic (exact) mass is 393 g/mol. The van der Waals surface area contributed by atoms with Crippen LogP contribution in [0.2, 0.25) is 0 Å². The molecule has 28 heavy (non-hydrogen) atoms. The van der Waals surface area contributed by atoms with Crippen molar-refractivity contribution in [3.05, 3.63) is 52.6 Å². The maximum atomic E-state index is 12.2. The topological polar surface area (TPSA) is 150 Å². The summed E-state index contributed by atoms with van der Waals surface area (Å²) in [5.41, 5.74) is 6.30. The van der Waals surface area contributed by atoms with E-state index < -0.39 is 24.5 Å². The first-order chi connectivity index (χ1) is 13.5. The van der Waals surface area contributed by atoms with Gasteiger partial charge >= 0.3 is 5.97 Å². The van der Waals surface area contributed by atoms with Crippen molar-refractivity contribution in [3.63, 3.8) is 0 Å². The third-order valence-electron chi connectivity index (χ3n) is 3.82. The molecule has 1 aliphatic rings. The lowest BCUT2D eigenvalue weighted by Crippen LogP contribution is -2.33. The number of aromatic nitrogens is 1. The molecule has 2 heterocycles. The predicted octanol–water partition coefficient (Wildman–Crippen LogP) is 1.30. The van der Waals surface area contributed by atoms with Gasteiger partial charge in [-0.25, -0.2) is 9.88 Å². The van der Waals surface area contributed by atoms with Gasteiger partial charge in [0.1, 0.15) is 23.0 Å². The first-order valence-corrected chi connectivity index (χ1v) is 8.79. The van der Waals surface area contributed by atoms with Gasteiger partial charge in [0.25, 0.3) is 11.8 Å². The van der Waals surface area contributed by atoms with Gasteiger partial charge in [0.05, 0.1) is 28.0 Å². The van der Waals surface area contributed by atoms with Crippen molar-refractivity contribution in [2.45, 2.75) is 5.03 Å². The Labute approximate surface area is 163 Å². The summed E-state index contributed by atoms with van der Waals surface area (Å²) in [6, 6.07) is 11.3. The molecule has 0 spiro atoms. The highest BCUT2D eigenvalue weighted by Gasteiger charge is 2.35. The molecular formula is C18H11N5O4S. The zero-order valence-electron chi connectivity index (χ0n) is 14.2. The lowest BCUT2D eigenvalue weighted by molar-refractivity contribution is -0.142. The van der Waals surface area contributed by atoms with Gasteiger partial charge in [-0.3, -0.25) is 14.4 Å². The minimum absolute atomic E-state index is 0.0524. The molecule has 10 heteroatoms. The molecule has 3 rings (SSSR count). The highest BCUT2D eigenvalue weighted by Crippen LogP contribution is 2.25. The Balaban J connectivity index is 1.60. The van der Waals surface area contributed by atoms with Crippen LogP contribution in [0.25, 0.3) is 0 Å². The molecule has 2 N–H and O–H groups in total. The van der Waals surface area contributed by atoms with E-state index in [1.807, 2.05) is 12.1 Å². The van der Waals surface area contributed by atoms with E-state index in [-0.39, 0.29) is 38.9 Å². The van der Waals surface area contributed by atoms with Gasteiger partial charge in [-0.2, -0.15) is 10.5 Å². The number of carbonyl (C=O) groups excluding carboxylic acids is 3. The molecular weight excluding hydrogens is 382 g/mol. The van der Waals surface area contributed by atoms with Crippen LogP contribution in [0.15, 0.2) is 35.4 Å². The number of amides is 2. The van der Waals surface area contributed by atoms with Crippen LogP contribution in [0.3, 0.4) is 0 Å². The molecule has 0 saturated heterocycles. The molecule has 2 aromatic rings. The summed E-state index contributed by atoms with van der Waals surface area (Å²) < 4.78 is 5.00. The number of fused-ring (bicyclic) bond motifs is 1. The third kappa shape index (κ3) is 3.49. The number of pyridine rings is 1. The van der Waals surface area contributed by atoms with Gasteiger partial charge in [0.15, 0.2) is 6.73 Å². The summed E-state index contributed by atoms with van der Waals surface area (Å²) >= 11 is 0.899. The van der Waals surface area contributed by atoms with E-state index in [0.29, 0.717) is 0 Å². The second-order valence-electron chi connectivity index (χ2n) is 5.52. The van der Waals surface area contributed by atoms with Crippen LogP contribution in [0.5, 0.6) is 0 Å². The number of esters is 1. The molecule has 1 aliphatic heterocycles. The van der Waals surface area contributed by atoms with Crippen molar-refractivity contribution in [2.75, 3.05) is 18.2 Å². The standard InChI is InChI=1S/C18H11N5O4S/c19-6-10-5-11(7-20)16(22-15(10)21)28-8-14(24)27-9-23-17(25)12-3-1-2-4-13(12)18(23)26/h1-5H,8-9H2,(H2,21,22). The van der Waals surface area contributed by atoms with Crippen molar-refractivity contribution < 1.29 is 19.1 Å². The molecule has 1 aromatic carbocycles. The molecule has 0 atom stereocenters. The Morgan fingerprint density at radius 3 is 2.32 bits per heavy atom. The fourth-order valence-electron chi connectivity index (χ4n) is 2.45. The average molecular weight is 393 g/mol. The molecule has 138 valence electrons. The quantitative estimate of drug-likeness (QED) is 0.450. The van der Waals surface area contributed by atoms with Crippen LogP contribution in [-0.2, 0) is 9.53 Å². The molecule has 0 radical (unpaired) electrons. The highest BCUT2D eigenvalue weighted by atomic mass is 32.2. The fourth-order valence-corrected chi connectivity index (χ4v) is 3.21. The van der Waals surface area contributed by atoms with Crippen molar-refractivity contribution >= 4 is 35.4 Å². The van der Waals surface area contributed by atoms with Gasteiger partial charge in [-0.1, -0.05) is 23.9 Å². The van der Waals surface area contributed by atoms with Gasteiger partial charge < -0.3 is 10.5 Å². The summed E-state index contributed by atoms with van der Waals surface area (Å²) in [7, 11) is 0. The zero-order valence-corrected chi connectivity index (χ0v) is 15.0. The van der Waals surface area contributed by atoms with Crippen LogP contribution in [-0.4, -0.2) is 40.2 Å². The van der Waals surface area contributed by atoms with Gasteiger partial charge in [0.2, 0.25) is 0 Å². The second kappa shape index (κ2) is 7.78. The van der Waals surface area contributed by atoms with Crippen molar-refractivity contribution in [3.8, 4) is 12.1 Å². The van der Waals surface area contributed by atoms with Crippen LogP contribution < -0.4 is 5.73 Å². The van der Waals surface area contributed by atoms with E-state index in [9.17, 15) is 14.4 Å². The molecule has 0 aliphatic carbocycles. The van der Waals surface area contributed by atoms with Gasteiger partial charge in [-0.05, 0) is 18.2 Å². The molecule has 0 bridgehead atoms. The zero-order chi connectivity index (χ0) is 20.3. The van der Waals surface area contributed by atoms with E-state index in [1.54, 1.807) is 12.1 Å². The maximum absolute atomic E-state index is 12.2. The number of nitrogen functional groups attached to an aromatic ring is 1. The Kier molecular flexibility index (Phi) is 5.25. The number of nitrogens with zero attached hydrogens (tertiary/aromatic N) is 4. The predicted molar refractivity (Wildman–Crippen MR) is 96.7 cm³/mol. The summed E-state index contributed by atoms with van der Waals surface area (Å²) in [4.78, 5) is 41.2. The minimum atomic E-state index is -0.713. The number of anilines is 1. The van der Waals surface area contributed by atoms with Crippen molar-refractivity contribution in [2.24, 2.45) is 0 Å². The molecule has 2 amide bonds. The number of nitrogens with two attached hydrogens (primary N) is 1. The number of thioether (sulfide) groups is 1. The average Bonchev–Trinajstić information content (AvgIpc) is 2.95. The Morgan fingerprint density at radius 1 is 1.14 bits per heavy atom. The second-order valence-corrected chi connectivity index (χ2v) is 6.48. The number of rotatable bonds is 5. The molecule has 0 unspecified atom stereocenters. The van der Waals surface area contributed by atoms with Crippen LogP contribution in [0, 0.1) is 22.7 Å². The summed E-state index contributed by atoms with van der Waals surface area (Å²) in [5.74, 6) is -2.06. The number of ether oxygens (including phenoxy) is 1. The van der Waals surface area contributed by atoms with E-state index in [4.69, 9.17) is 21.0 Å². The first kappa shape index (κ1) is 18.9. The van der Waals surface area contributed by atoms with Crippen LogP contribution >= 0.6 is 11.8 Å². The highest BCUT2D eigenvalue weighted by molar-refractivity contribution is 7.99. The molecule has 9 nitrogen and oxygen atoms in total. The summed E-state index contributed by atoms with van der Waals surface area (Å²) in [6.45, 7) is -0.514. The molecule has 0 saturated carbocycles. The van der Waals surface area contributed by atoms with E-state index in [2.05, 4.69) is 4.98 Å². The Hall–Kier alpha value is -3.89. The lowest BCUT2D eigenvalue weighted by atomic mass is 10.1. The summed E-state index contributed by atoms with van der Waals surface area (Å²) in [5, 5.41) is 18.2. The lowest BCUT2D eigenvalue weighted by Gasteiger charge is -2.13. The van der Waals surface area contributed by atoms with Crippen LogP contribution in [0.1, 0.15) is 31.8 Å². The number of hydrogen-bond donors (Lipinski definition) is 1. The number of hydrogen-bond acceptors (Lipinski definition) is 9. The van der Waals surface area contributed by atoms with E-state index in [1.165, 1.54) is 18.2 Å². The van der Waals surface area contributed by atoms with Gasteiger partial charge in [-0.15, -0.1) is 0 Å². The Bertz CT molecular complexity index is 1050. The largest absolute Gasteiger partial charge is 0.443 e. The number of benzene rings is 1. The third-order valence-corrected chi connectivity index (χ3v) is 4.78. The van der Waals surface area contributed by atoms with Gasteiger partial charge in [0, 0.05) is 0 Å². The number of carbonyl (C=O) groups is 3. The number of nitriles is 2. The van der Waals surface area contributed by atoms with E-state index >= 15 is 0 Å². The fraction of sp³-hybridized carbons (Fsp3) is 0.111. The van der Waals surface area contributed by atoms with Crippen molar-refractivity contribution in [1.82, 2.24) is 9.88 Å². The van der Waals surface area contributed by atoms with E-state index in [0.717, 1.165) is 16.7 Å².